The van der Waals surface area contributed by atoms with E-state index in [-0.39, 0.29) is 11.8 Å². The monoisotopic (exact) mass is 230 g/mol. The third kappa shape index (κ3) is 4.49. The van der Waals surface area contributed by atoms with E-state index in [1.807, 2.05) is 20.8 Å². The molecule has 0 aromatic carbocycles. The zero-order chi connectivity index (χ0) is 13.0. The Hall–Kier alpha value is -0.610. The van der Waals surface area contributed by atoms with Gasteiger partial charge in [0.2, 0.25) is 5.91 Å². The summed E-state index contributed by atoms with van der Waals surface area (Å²) in [6, 6.07) is 0. The summed E-state index contributed by atoms with van der Waals surface area (Å²) in [4.78, 5) is 11.8. The van der Waals surface area contributed by atoms with E-state index in [2.05, 4.69) is 5.32 Å². The Morgan fingerprint density at radius 3 is 2.25 bits per heavy atom. The van der Waals surface area contributed by atoms with E-state index in [4.69, 9.17) is 5.73 Å². The largest absolute Gasteiger partial charge is 0.388 e. The van der Waals surface area contributed by atoms with E-state index >= 15 is 0 Å². The standard InChI is InChI=1S/C12H26N2O2/c1-9(7-6-8-13)10(15)14-11(2,3)12(4,5)16/h9,16H,6-8,13H2,1-5H3,(H,14,15). The van der Waals surface area contributed by atoms with Crippen molar-refractivity contribution in [3.63, 3.8) is 0 Å². The van der Waals surface area contributed by atoms with Crippen LogP contribution in [0.5, 0.6) is 0 Å². The third-order valence-corrected chi connectivity index (χ3v) is 3.25. The maximum Gasteiger partial charge on any atom is 0.223 e. The highest BCUT2D eigenvalue weighted by Crippen LogP contribution is 2.21. The molecule has 96 valence electrons. The van der Waals surface area contributed by atoms with E-state index in [1.165, 1.54) is 0 Å². The van der Waals surface area contributed by atoms with Crippen molar-refractivity contribution >= 4 is 5.91 Å². The minimum absolute atomic E-state index is 0.0272. The van der Waals surface area contributed by atoms with Crippen molar-refractivity contribution in [2.24, 2.45) is 11.7 Å². The quantitative estimate of drug-likeness (QED) is 0.638. The molecule has 1 unspecified atom stereocenters. The predicted octanol–water partition coefficient (Wildman–Crippen LogP) is 1.03. The summed E-state index contributed by atoms with van der Waals surface area (Å²) >= 11 is 0. The van der Waals surface area contributed by atoms with Crippen molar-refractivity contribution < 1.29 is 9.90 Å². The molecule has 4 nitrogen and oxygen atoms in total. The normalized spacial score (nSPS) is 14.7. The zero-order valence-electron chi connectivity index (χ0n) is 11.1. The van der Waals surface area contributed by atoms with Crippen LogP contribution in [0.1, 0.15) is 47.5 Å². The second-order valence-electron chi connectivity index (χ2n) is 5.51. The Morgan fingerprint density at radius 1 is 1.38 bits per heavy atom. The van der Waals surface area contributed by atoms with Gasteiger partial charge in [0.15, 0.2) is 0 Å². The van der Waals surface area contributed by atoms with Gasteiger partial charge in [0.05, 0.1) is 11.1 Å². The van der Waals surface area contributed by atoms with Gasteiger partial charge in [0.25, 0.3) is 0 Å². The highest BCUT2D eigenvalue weighted by molar-refractivity contribution is 5.79. The van der Waals surface area contributed by atoms with Crippen molar-refractivity contribution in [2.45, 2.75) is 58.6 Å². The molecule has 0 spiro atoms. The van der Waals surface area contributed by atoms with Crippen molar-refractivity contribution in [3.05, 3.63) is 0 Å². The molecule has 0 aliphatic carbocycles. The molecule has 16 heavy (non-hydrogen) atoms. The minimum atomic E-state index is -0.948. The molecule has 1 amide bonds. The topological polar surface area (TPSA) is 75.4 Å². The van der Waals surface area contributed by atoms with Crippen LogP contribution >= 0.6 is 0 Å². The number of aliphatic hydroxyl groups is 1. The lowest BCUT2D eigenvalue weighted by molar-refractivity contribution is -0.129. The fourth-order valence-electron chi connectivity index (χ4n) is 1.14. The summed E-state index contributed by atoms with van der Waals surface area (Å²) in [5, 5.41) is 12.8. The summed E-state index contributed by atoms with van der Waals surface area (Å²) in [5.41, 5.74) is 3.82. The Bertz CT molecular complexity index is 232. The molecule has 1 atom stereocenters. The second kappa shape index (κ2) is 5.64. The molecule has 0 rings (SSSR count). The van der Waals surface area contributed by atoms with Gasteiger partial charge in [-0.15, -0.1) is 0 Å². The lowest BCUT2D eigenvalue weighted by Gasteiger charge is -2.38. The number of amides is 1. The number of rotatable bonds is 6. The van der Waals surface area contributed by atoms with Gasteiger partial charge in [-0.25, -0.2) is 0 Å². The molecule has 0 heterocycles. The minimum Gasteiger partial charge on any atom is -0.388 e. The van der Waals surface area contributed by atoms with Gasteiger partial charge < -0.3 is 16.2 Å². The van der Waals surface area contributed by atoms with Crippen LogP contribution in [0, 0.1) is 5.92 Å². The number of carbonyl (C=O) groups excluding carboxylic acids is 1. The SMILES string of the molecule is CC(CCCN)C(=O)NC(C)(C)C(C)(C)O. The van der Waals surface area contributed by atoms with E-state index in [9.17, 15) is 9.90 Å². The molecular formula is C12H26N2O2. The smallest absolute Gasteiger partial charge is 0.223 e. The molecule has 0 radical (unpaired) electrons. The first-order valence-electron chi connectivity index (χ1n) is 5.86. The Balaban J connectivity index is 4.33. The van der Waals surface area contributed by atoms with E-state index in [0.717, 1.165) is 12.8 Å². The first-order chi connectivity index (χ1) is 7.12. The van der Waals surface area contributed by atoms with Gasteiger partial charge in [-0.1, -0.05) is 6.92 Å². The molecule has 0 bridgehead atoms. The number of carbonyl (C=O) groups is 1. The van der Waals surface area contributed by atoms with Crippen LogP contribution in [0.3, 0.4) is 0 Å². The number of hydrogen-bond acceptors (Lipinski definition) is 3. The van der Waals surface area contributed by atoms with E-state index in [1.54, 1.807) is 13.8 Å². The highest BCUT2D eigenvalue weighted by Gasteiger charge is 2.36. The van der Waals surface area contributed by atoms with Gasteiger partial charge >= 0.3 is 0 Å². The van der Waals surface area contributed by atoms with E-state index in [0.29, 0.717) is 6.54 Å². The van der Waals surface area contributed by atoms with Gasteiger partial charge in [-0.2, -0.15) is 0 Å². The molecule has 0 aromatic rings. The Kier molecular flexibility index (Phi) is 5.42. The third-order valence-electron chi connectivity index (χ3n) is 3.25. The highest BCUT2D eigenvalue weighted by atomic mass is 16.3. The molecule has 0 fully saturated rings. The van der Waals surface area contributed by atoms with E-state index < -0.39 is 11.1 Å². The lowest BCUT2D eigenvalue weighted by atomic mass is 9.85. The van der Waals surface area contributed by atoms with Gasteiger partial charge in [0, 0.05) is 5.92 Å². The fourth-order valence-corrected chi connectivity index (χ4v) is 1.14. The molecule has 4 heteroatoms. The summed E-state index contributed by atoms with van der Waals surface area (Å²) in [5.74, 6) is -0.0919. The van der Waals surface area contributed by atoms with Crippen LogP contribution in [0.25, 0.3) is 0 Å². The molecule has 0 saturated heterocycles. The molecule has 0 aliphatic heterocycles. The number of hydrogen-bond donors (Lipinski definition) is 3. The van der Waals surface area contributed by atoms with Crippen molar-refractivity contribution in [1.29, 1.82) is 0 Å². The van der Waals surface area contributed by atoms with Crippen molar-refractivity contribution in [3.8, 4) is 0 Å². The van der Waals surface area contributed by atoms with Gasteiger partial charge in [0.1, 0.15) is 0 Å². The number of nitrogens with one attached hydrogen (secondary N) is 1. The molecular weight excluding hydrogens is 204 g/mol. The fraction of sp³-hybridized carbons (Fsp3) is 0.917. The second-order valence-corrected chi connectivity index (χ2v) is 5.51. The van der Waals surface area contributed by atoms with Gasteiger partial charge in [-0.3, -0.25) is 4.79 Å². The summed E-state index contributed by atoms with van der Waals surface area (Å²) in [6.07, 6.45) is 1.63. The predicted molar refractivity (Wildman–Crippen MR) is 66.0 cm³/mol. The maximum atomic E-state index is 11.8. The van der Waals surface area contributed by atoms with Crippen LogP contribution in [0.2, 0.25) is 0 Å². The van der Waals surface area contributed by atoms with Gasteiger partial charge in [-0.05, 0) is 47.1 Å². The van der Waals surface area contributed by atoms with Crippen LogP contribution in [-0.2, 0) is 4.79 Å². The number of nitrogens with two attached hydrogens (primary N) is 1. The average Bonchev–Trinajstić information content (AvgIpc) is 2.11. The zero-order valence-corrected chi connectivity index (χ0v) is 11.1. The molecule has 0 aliphatic rings. The first kappa shape index (κ1) is 15.4. The van der Waals surface area contributed by atoms with Crippen LogP contribution in [-0.4, -0.2) is 28.7 Å². The van der Waals surface area contributed by atoms with Crippen molar-refractivity contribution in [2.75, 3.05) is 6.54 Å². The lowest BCUT2D eigenvalue weighted by Crippen LogP contribution is -2.58. The first-order valence-corrected chi connectivity index (χ1v) is 5.86. The Morgan fingerprint density at radius 2 is 1.88 bits per heavy atom. The maximum absolute atomic E-state index is 11.8. The molecule has 0 saturated carbocycles. The van der Waals surface area contributed by atoms with Crippen LogP contribution in [0.15, 0.2) is 0 Å². The van der Waals surface area contributed by atoms with Crippen LogP contribution in [0.4, 0.5) is 0 Å². The van der Waals surface area contributed by atoms with Crippen molar-refractivity contribution in [1.82, 2.24) is 5.32 Å². The summed E-state index contributed by atoms with van der Waals surface area (Å²) in [7, 11) is 0. The Labute approximate surface area is 98.6 Å². The summed E-state index contributed by atoms with van der Waals surface area (Å²) in [6.45, 7) is 9.51. The van der Waals surface area contributed by atoms with Crippen LogP contribution < -0.4 is 11.1 Å². The average molecular weight is 230 g/mol. The summed E-state index contributed by atoms with van der Waals surface area (Å²) < 4.78 is 0. The molecule has 0 aromatic heterocycles. The molecule has 4 N–H and O–H groups in total.